The maximum Gasteiger partial charge on any atom is 0.228 e. The summed E-state index contributed by atoms with van der Waals surface area (Å²) in [6.07, 6.45) is 2.80. The zero-order valence-electron chi connectivity index (χ0n) is 10.3. The number of hydrogen-bond donors (Lipinski definition) is 2. The van der Waals surface area contributed by atoms with Gasteiger partial charge in [0, 0.05) is 6.04 Å². The average Bonchev–Trinajstić information content (AvgIpc) is 2.28. The normalized spacial score (nSPS) is 19.1. The fourth-order valence-electron chi connectivity index (χ4n) is 2.33. The van der Waals surface area contributed by atoms with E-state index in [1.807, 2.05) is 25.1 Å². The van der Waals surface area contributed by atoms with Gasteiger partial charge >= 0.3 is 0 Å². The lowest BCUT2D eigenvalue weighted by Gasteiger charge is -2.30. The summed E-state index contributed by atoms with van der Waals surface area (Å²) in [7, 11) is 0. The third-order valence-electron chi connectivity index (χ3n) is 3.40. The van der Waals surface area contributed by atoms with Crippen molar-refractivity contribution in [3.8, 4) is 0 Å². The van der Waals surface area contributed by atoms with Crippen molar-refractivity contribution in [3.05, 3.63) is 35.4 Å². The molecule has 0 heterocycles. The molecule has 3 N–H and O–H groups in total. The van der Waals surface area contributed by atoms with Gasteiger partial charge < -0.3 is 11.1 Å². The summed E-state index contributed by atoms with van der Waals surface area (Å²) >= 11 is 0. The van der Waals surface area contributed by atoms with Crippen LogP contribution < -0.4 is 11.1 Å². The van der Waals surface area contributed by atoms with E-state index in [0.717, 1.165) is 19.3 Å². The van der Waals surface area contributed by atoms with Gasteiger partial charge in [0.25, 0.3) is 0 Å². The van der Waals surface area contributed by atoms with Crippen LogP contribution in [-0.2, 0) is 11.2 Å². The molecule has 17 heavy (non-hydrogen) atoms. The molecule has 1 aromatic carbocycles. The fraction of sp³-hybridized carbons (Fsp3) is 0.500. The second-order valence-electron chi connectivity index (χ2n) is 4.80. The highest BCUT2D eigenvalue weighted by Crippen LogP contribution is 2.34. The molecule has 1 amide bonds. The molecule has 0 aromatic heterocycles. The van der Waals surface area contributed by atoms with Gasteiger partial charge in [-0.1, -0.05) is 24.3 Å². The van der Waals surface area contributed by atoms with Crippen LogP contribution in [0.4, 0.5) is 0 Å². The second-order valence-corrected chi connectivity index (χ2v) is 4.80. The molecule has 3 nitrogen and oxygen atoms in total. The van der Waals surface area contributed by atoms with Gasteiger partial charge in [-0.3, -0.25) is 4.79 Å². The Labute approximate surface area is 102 Å². The molecule has 2 unspecified atom stereocenters. The van der Waals surface area contributed by atoms with Crippen LogP contribution >= 0.6 is 0 Å². The van der Waals surface area contributed by atoms with Crippen LogP contribution in [0.5, 0.6) is 0 Å². The molecule has 2 rings (SSSR count). The molecule has 0 spiro atoms. The van der Waals surface area contributed by atoms with Gasteiger partial charge in [-0.15, -0.1) is 0 Å². The first kappa shape index (κ1) is 12.1. The van der Waals surface area contributed by atoms with Crippen LogP contribution in [-0.4, -0.2) is 18.5 Å². The van der Waals surface area contributed by atoms with Crippen molar-refractivity contribution in [1.82, 2.24) is 5.32 Å². The maximum atomic E-state index is 12.0. The van der Waals surface area contributed by atoms with E-state index in [1.54, 1.807) is 0 Å². The zero-order chi connectivity index (χ0) is 12.3. The topological polar surface area (TPSA) is 55.1 Å². The summed E-state index contributed by atoms with van der Waals surface area (Å²) in [5.41, 5.74) is 7.95. The summed E-state index contributed by atoms with van der Waals surface area (Å²) in [6.45, 7) is 2.73. The molecule has 92 valence electrons. The third-order valence-corrected chi connectivity index (χ3v) is 3.40. The lowest BCUT2D eigenvalue weighted by molar-refractivity contribution is -0.123. The SMILES string of the molecule is CC(CCCN)NC(=O)C1Cc2ccccc21. The summed E-state index contributed by atoms with van der Waals surface area (Å²) in [4.78, 5) is 12.0. The highest BCUT2D eigenvalue weighted by molar-refractivity contribution is 5.87. The van der Waals surface area contributed by atoms with E-state index in [0.29, 0.717) is 6.54 Å². The van der Waals surface area contributed by atoms with Gasteiger partial charge in [0.2, 0.25) is 5.91 Å². The first-order valence-corrected chi connectivity index (χ1v) is 6.30. The van der Waals surface area contributed by atoms with Crippen LogP contribution in [0, 0.1) is 0 Å². The van der Waals surface area contributed by atoms with Gasteiger partial charge in [0.15, 0.2) is 0 Å². The molecule has 0 saturated heterocycles. The molecule has 3 heteroatoms. The Kier molecular flexibility index (Phi) is 3.79. The van der Waals surface area contributed by atoms with Crippen LogP contribution in [0.2, 0.25) is 0 Å². The van der Waals surface area contributed by atoms with Crippen molar-refractivity contribution in [2.24, 2.45) is 5.73 Å². The van der Waals surface area contributed by atoms with Crippen molar-refractivity contribution in [3.63, 3.8) is 0 Å². The van der Waals surface area contributed by atoms with Gasteiger partial charge in [-0.05, 0) is 43.9 Å². The fourth-order valence-corrected chi connectivity index (χ4v) is 2.33. The second kappa shape index (κ2) is 5.32. The number of nitrogens with two attached hydrogens (primary N) is 1. The molecule has 2 atom stereocenters. The summed E-state index contributed by atoms with van der Waals surface area (Å²) in [5.74, 6) is 0.222. The van der Waals surface area contributed by atoms with E-state index in [4.69, 9.17) is 5.73 Å². The Hall–Kier alpha value is -1.35. The molecule has 1 aliphatic rings. The van der Waals surface area contributed by atoms with E-state index < -0.39 is 0 Å². The van der Waals surface area contributed by atoms with Gasteiger partial charge in [0.05, 0.1) is 5.92 Å². The average molecular weight is 232 g/mol. The van der Waals surface area contributed by atoms with Gasteiger partial charge in [-0.25, -0.2) is 0 Å². The predicted molar refractivity (Wildman–Crippen MR) is 68.8 cm³/mol. The molecule has 1 aromatic rings. The van der Waals surface area contributed by atoms with Crippen molar-refractivity contribution in [2.75, 3.05) is 6.54 Å². The minimum absolute atomic E-state index is 0.0616. The summed E-state index contributed by atoms with van der Waals surface area (Å²) in [6, 6.07) is 8.39. The van der Waals surface area contributed by atoms with Crippen molar-refractivity contribution in [1.29, 1.82) is 0 Å². The zero-order valence-corrected chi connectivity index (χ0v) is 10.3. The predicted octanol–water partition coefficient (Wildman–Crippen LogP) is 1.57. The highest BCUT2D eigenvalue weighted by atomic mass is 16.2. The Bertz CT molecular complexity index is 403. The van der Waals surface area contributed by atoms with Gasteiger partial charge in [-0.2, -0.15) is 0 Å². The number of carbonyl (C=O) groups is 1. The van der Waals surface area contributed by atoms with Crippen LogP contribution in [0.1, 0.15) is 36.8 Å². The Morgan fingerprint density at radius 3 is 3.00 bits per heavy atom. The first-order chi connectivity index (χ1) is 8.22. The van der Waals surface area contributed by atoms with Crippen molar-refractivity contribution >= 4 is 5.91 Å². The number of carbonyl (C=O) groups excluding carboxylic acids is 1. The minimum atomic E-state index is 0.0616. The number of amides is 1. The number of benzene rings is 1. The minimum Gasteiger partial charge on any atom is -0.353 e. The molecular weight excluding hydrogens is 212 g/mol. The lowest BCUT2D eigenvalue weighted by Crippen LogP contribution is -2.40. The van der Waals surface area contributed by atoms with E-state index in [9.17, 15) is 4.79 Å². The Balaban J connectivity index is 1.87. The monoisotopic (exact) mass is 232 g/mol. The Morgan fingerprint density at radius 1 is 1.53 bits per heavy atom. The summed E-state index contributed by atoms with van der Waals surface area (Å²) in [5, 5.41) is 3.06. The van der Waals surface area contributed by atoms with Crippen LogP contribution in [0.25, 0.3) is 0 Å². The molecule has 0 bridgehead atoms. The Morgan fingerprint density at radius 2 is 2.29 bits per heavy atom. The number of rotatable bonds is 5. The summed E-state index contributed by atoms with van der Waals surface area (Å²) < 4.78 is 0. The molecule has 0 aliphatic heterocycles. The standard InChI is InChI=1S/C14H20N2O/c1-10(5-4-8-15)16-14(17)13-9-11-6-2-3-7-12(11)13/h2-3,6-7,10,13H,4-5,8-9,15H2,1H3,(H,16,17). The van der Waals surface area contributed by atoms with Crippen molar-refractivity contribution < 1.29 is 4.79 Å². The lowest BCUT2D eigenvalue weighted by atomic mass is 9.77. The molecular formula is C14H20N2O. The highest BCUT2D eigenvalue weighted by Gasteiger charge is 2.31. The van der Waals surface area contributed by atoms with E-state index in [1.165, 1.54) is 11.1 Å². The molecule has 0 fully saturated rings. The van der Waals surface area contributed by atoms with E-state index in [2.05, 4.69) is 11.4 Å². The number of nitrogens with one attached hydrogen (secondary N) is 1. The third kappa shape index (κ3) is 2.67. The van der Waals surface area contributed by atoms with E-state index >= 15 is 0 Å². The molecule has 1 aliphatic carbocycles. The number of fused-ring (bicyclic) bond motifs is 1. The molecule has 0 saturated carbocycles. The smallest absolute Gasteiger partial charge is 0.228 e. The maximum absolute atomic E-state index is 12.0. The van der Waals surface area contributed by atoms with Crippen LogP contribution in [0.3, 0.4) is 0 Å². The number of hydrogen-bond acceptors (Lipinski definition) is 2. The van der Waals surface area contributed by atoms with Crippen molar-refractivity contribution in [2.45, 2.75) is 38.1 Å². The van der Waals surface area contributed by atoms with Crippen LogP contribution in [0.15, 0.2) is 24.3 Å². The van der Waals surface area contributed by atoms with Gasteiger partial charge in [0.1, 0.15) is 0 Å². The first-order valence-electron chi connectivity index (χ1n) is 6.30. The van der Waals surface area contributed by atoms with E-state index in [-0.39, 0.29) is 17.9 Å². The largest absolute Gasteiger partial charge is 0.353 e. The molecule has 0 radical (unpaired) electrons. The quantitative estimate of drug-likeness (QED) is 0.809.